The lowest BCUT2D eigenvalue weighted by Crippen LogP contribution is -2.40. The largest absolute Gasteiger partial charge is 0.480 e. The van der Waals surface area contributed by atoms with E-state index in [1.54, 1.807) is 20.2 Å². The van der Waals surface area contributed by atoms with Gasteiger partial charge in [0.1, 0.15) is 6.04 Å². The summed E-state index contributed by atoms with van der Waals surface area (Å²) in [6.07, 6.45) is 0.822. The van der Waals surface area contributed by atoms with Crippen molar-refractivity contribution >= 4 is 27.0 Å². The van der Waals surface area contributed by atoms with Crippen LogP contribution in [0, 0.1) is 0 Å². The monoisotopic (exact) mass is 339 g/mol. The summed E-state index contributed by atoms with van der Waals surface area (Å²) < 4.78 is 29.4. The number of aromatic nitrogens is 2. The van der Waals surface area contributed by atoms with Crippen LogP contribution in [0.1, 0.15) is 12.8 Å². The molecule has 0 radical (unpaired) electrons. The first-order valence-electron chi connectivity index (χ1n) is 7.15. The molecule has 3 rings (SSSR count). The Morgan fingerprint density at radius 2 is 1.87 bits per heavy atom. The molecular weight excluding hydrogens is 322 g/mol. The SMILES string of the molecule is Cn1c(=O)n(C)c2cc(S(=O)(=O)N3CCCC3C(=O)O)ccc21. The third-order valence-electron chi connectivity index (χ3n) is 4.34. The molecule has 1 saturated heterocycles. The first kappa shape index (κ1) is 15.8. The van der Waals surface area contributed by atoms with Crippen molar-refractivity contribution in [3.8, 4) is 0 Å². The Morgan fingerprint density at radius 3 is 2.52 bits per heavy atom. The zero-order chi connectivity index (χ0) is 16.9. The molecule has 8 nitrogen and oxygen atoms in total. The number of rotatable bonds is 3. The highest BCUT2D eigenvalue weighted by Crippen LogP contribution is 2.27. The predicted molar refractivity (Wildman–Crippen MR) is 82.7 cm³/mol. The minimum absolute atomic E-state index is 0.000602. The fraction of sp³-hybridized carbons (Fsp3) is 0.429. The number of sulfonamides is 1. The molecule has 1 aliphatic heterocycles. The van der Waals surface area contributed by atoms with Crippen LogP contribution in [-0.2, 0) is 28.9 Å². The number of aliphatic carboxylic acids is 1. The topological polar surface area (TPSA) is 102 Å². The van der Waals surface area contributed by atoms with E-state index in [9.17, 15) is 23.1 Å². The lowest BCUT2D eigenvalue weighted by Gasteiger charge is -2.21. The van der Waals surface area contributed by atoms with E-state index in [1.807, 2.05) is 0 Å². The van der Waals surface area contributed by atoms with E-state index < -0.39 is 22.0 Å². The van der Waals surface area contributed by atoms with Gasteiger partial charge in [0.2, 0.25) is 10.0 Å². The van der Waals surface area contributed by atoms with Crippen molar-refractivity contribution in [2.75, 3.05) is 6.54 Å². The predicted octanol–water partition coefficient (Wildman–Crippen LogP) is 0.115. The van der Waals surface area contributed by atoms with Crippen LogP contribution in [-0.4, -0.2) is 45.5 Å². The normalized spacial score (nSPS) is 19.5. The van der Waals surface area contributed by atoms with E-state index in [-0.39, 0.29) is 17.1 Å². The molecule has 9 heteroatoms. The molecule has 2 aromatic rings. The molecule has 1 fully saturated rings. The summed E-state index contributed by atoms with van der Waals surface area (Å²) in [5.41, 5.74) is 0.858. The number of carboxylic acids is 1. The molecular formula is C14H17N3O5S. The molecule has 1 atom stereocenters. The number of imidazole rings is 1. The van der Waals surface area contributed by atoms with Crippen molar-refractivity contribution < 1.29 is 18.3 Å². The lowest BCUT2D eigenvalue weighted by atomic mass is 10.2. The molecule has 0 spiro atoms. The highest BCUT2D eigenvalue weighted by Gasteiger charge is 2.39. The summed E-state index contributed by atoms with van der Waals surface area (Å²) in [6, 6.07) is 3.36. The fourth-order valence-corrected chi connectivity index (χ4v) is 4.73. The Bertz CT molecular complexity index is 957. The van der Waals surface area contributed by atoms with Crippen LogP contribution in [0.15, 0.2) is 27.9 Å². The van der Waals surface area contributed by atoms with Gasteiger partial charge < -0.3 is 5.11 Å². The van der Waals surface area contributed by atoms with Crippen molar-refractivity contribution in [3.05, 3.63) is 28.7 Å². The minimum Gasteiger partial charge on any atom is -0.480 e. The molecule has 0 aliphatic carbocycles. The second-order valence-electron chi connectivity index (χ2n) is 5.66. The van der Waals surface area contributed by atoms with Gasteiger partial charge in [-0.1, -0.05) is 0 Å². The molecule has 23 heavy (non-hydrogen) atoms. The maximum Gasteiger partial charge on any atom is 0.328 e. The molecule has 2 heterocycles. The molecule has 1 aliphatic rings. The van der Waals surface area contributed by atoms with Crippen LogP contribution in [0.4, 0.5) is 0 Å². The molecule has 1 N–H and O–H groups in total. The Morgan fingerprint density at radius 1 is 1.22 bits per heavy atom. The van der Waals surface area contributed by atoms with E-state index in [2.05, 4.69) is 0 Å². The Balaban J connectivity index is 2.14. The van der Waals surface area contributed by atoms with E-state index in [0.717, 1.165) is 4.31 Å². The van der Waals surface area contributed by atoms with Crippen LogP contribution in [0.3, 0.4) is 0 Å². The highest BCUT2D eigenvalue weighted by molar-refractivity contribution is 7.89. The van der Waals surface area contributed by atoms with Crippen LogP contribution >= 0.6 is 0 Å². The van der Waals surface area contributed by atoms with Crippen molar-refractivity contribution in [1.82, 2.24) is 13.4 Å². The third-order valence-corrected chi connectivity index (χ3v) is 6.24. The second-order valence-corrected chi connectivity index (χ2v) is 7.55. The van der Waals surface area contributed by atoms with Gasteiger partial charge in [-0.15, -0.1) is 0 Å². The molecule has 0 bridgehead atoms. The van der Waals surface area contributed by atoms with Crippen molar-refractivity contribution in [1.29, 1.82) is 0 Å². The van der Waals surface area contributed by atoms with Gasteiger partial charge in [-0.3, -0.25) is 13.9 Å². The number of hydrogen-bond acceptors (Lipinski definition) is 4. The van der Waals surface area contributed by atoms with E-state index in [0.29, 0.717) is 23.9 Å². The van der Waals surface area contributed by atoms with Crippen LogP contribution in [0.25, 0.3) is 11.0 Å². The van der Waals surface area contributed by atoms with Gasteiger partial charge in [0, 0.05) is 20.6 Å². The van der Waals surface area contributed by atoms with Gasteiger partial charge >= 0.3 is 11.7 Å². The first-order chi connectivity index (χ1) is 10.7. The summed E-state index contributed by atoms with van der Waals surface area (Å²) in [6.45, 7) is 0.186. The second kappa shape index (κ2) is 5.20. The summed E-state index contributed by atoms with van der Waals surface area (Å²) in [5.74, 6) is -1.14. The summed E-state index contributed by atoms with van der Waals surface area (Å²) >= 11 is 0. The van der Waals surface area contributed by atoms with Gasteiger partial charge in [0.15, 0.2) is 0 Å². The number of benzene rings is 1. The van der Waals surface area contributed by atoms with Crippen molar-refractivity contribution in [3.63, 3.8) is 0 Å². The zero-order valence-corrected chi connectivity index (χ0v) is 13.6. The van der Waals surface area contributed by atoms with E-state index in [4.69, 9.17) is 0 Å². The average Bonchev–Trinajstić information content (AvgIpc) is 3.09. The fourth-order valence-electron chi connectivity index (χ4n) is 3.06. The molecule has 124 valence electrons. The van der Waals surface area contributed by atoms with Crippen LogP contribution < -0.4 is 5.69 Å². The van der Waals surface area contributed by atoms with Crippen molar-refractivity contribution in [2.45, 2.75) is 23.8 Å². The van der Waals surface area contributed by atoms with E-state index in [1.165, 1.54) is 21.3 Å². The minimum atomic E-state index is -3.92. The lowest BCUT2D eigenvalue weighted by molar-refractivity contribution is -0.140. The van der Waals surface area contributed by atoms with Gasteiger partial charge in [-0.25, -0.2) is 13.2 Å². The Hall–Kier alpha value is -2.13. The Kier molecular flexibility index (Phi) is 3.56. The molecule has 0 amide bonds. The smallest absolute Gasteiger partial charge is 0.328 e. The summed E-state index contributed by atoms with van der Waals surface area (Å²) in [5, 5.41) is 9.19. The molecule has 1 aromatic heterocycles. The molecule has 1 aromatic carbocycles. The van der Waals surface area contributed by atoms with Crippen LogP contribution in [0.2, 0.25) is 0 Å². The van der Waals surface area contributed by atoms with Crippen LogP contribution in [0.5, 0.6) is 0 Å². The number of carboxylic acid groups (broad SMARTS) is 1. The van der Waals surface area contributed by atoms with Gasteiger partial charge in [0.25, 0.3) is 0 Å². The third kappa shape index (κ3) is 2.27. The molecule has 1 unspecified atom stereocenters. The van der Waals surface area contributed by atoms with Gasteiger partial charge in [0.05, 0.1) is 15.9 Å². The van der Waals surface area contributed by atoms with Gasteiger partial charge in [-0.05, 0) is 31.0 Å². The number of fused-ring (bicyclic) bond motifs is 1. The quantitative estimate of drug-likeness (QED) is 0.855. The maximum absolute atomic E-state index is 12.8. The molecule has 0 saturated carbocycles. The van der Waals surface area contributed by atoms with E-state index >= 15 is 0 Å². The summed E-state index contributed by atoms with van der Waals surface area (Å²) in [4.78, 5) is 23.2. The number of aryl methyl sites for hydroxylation is 2. The average molecular weight is 339 g/mol. The maximum atomic E-state index is 12.8. The Labute approximate surface area is 132 Å². The van der Waals surface area contributed by atoms with Gasteiger partial charge in [-0.2, -0.15) is 4.31 Å². The standard InChI is InChI=1S/C14H17N3O5S/c1-15-10-6-5-9(8-12(10)16(2)14(15)20)23(21,22)17-7-3-4-11(17)13(18)19/h5-6,8,11H,3-4,7H2,1-2H3,(H,18,19). The van der Waals surface area contributed by atoms with Crippen molar-refractivity contribution in [2.24, 2.45) is 14.1 Å². The number of nitrogens with zero attached hydrogens (tertiary/aromatic N) is 3. The number of carbonyl (C=O) groups is 1. The summed E-state index contributed by atoms with van der Waals surface area (Å²) in [7, 11) is -0.740. The zero-order valence-electron chi connectivity index (χ0n) is 12.8. The highest BCUT2D eigenvalue weighted by atomic mass is 32.2. The number of hydrogen-bond donors (Lipinski definition) is 1. The first-order valence-corrected chi connectivity index (χ1v) is 8.59.